The third kappa shape index (κ3) is 2.86. The second kappa shape index (κ2) is 5.66. The predicted molar refractivity (Wildman–Crippen MR) is 79.2 cm³/mol. The molecule has 1 N–H and O–H groups in total. The summed E-state index contributed by atoms with van der Waals surface area (Å²) in [7, 11) is 1.53. The van der Waals surface area contributed by atoms with Gasteiger partial charge in [0.05, 0.1) is 19.9 Å². The highest BCUT2D eigenvalue weighted by atomic mass is 16.5. The average Bonchev–Trinajstić information content (AvgIpc) is 2.97. The van der Waals surface area contributed by atoms with Crippen molar-refractivity contribution in [3.05, 3.63) is 60.7 Å². The van der Waals surface area contributed by atoms with E-state index < -0.39 is 0 Å². The monoisotopic (exact) mass is 281 g/mol. The molecule has 5 heteroatoms. The summed E-state index contributed by atoms with van der Waals surface area (Å²) in [6.07, 6.45) is 7.31. The molecule has 0 aliphatic heterocycles. The lowest BCUT2D eigenvalue weighted by molar-refractivity contribution is 0.373. The topological polar surface area (TPSA) is 60.2 Å². The van der Waals surface area contributed by atoms with Crippen LogP contribution in [0.3, 0.4) is 0 Å². The molecule has 3 rings (SSSR count). The van der Waals surface area contributed by atoms with E-state index in [-0.39, 0.29) is 5.75 Å². The molecule has 0 atom stereocenters. The summed E-state index contributed by atoms with van der Waals surface area (Å²) < 4.78 is 6.86. The Balaban J connectivity index is 1.80. The van der Waals surface area contributed by atoms with Crippen molar-refractivity contribution < 1.29 is 9.84 Å². The number of aromatic hydroxyl groups is 1. The van der Waals surface area contributed by atoms with E-state index in [0.29, 0.717) is 12.3 Å². The normalized spacial score (nSPS) is 10.5. The zero-order valence-electron chi connectivity index (χ0n) is 11.6. The van der Waals surface area contributed by atoms with E-state index in [0.717, 1.165) is 16.7 Å². The van der Waals surface area contributed by atoms with E-state index in [4.69, 9.17) is 4.74 Å². The minimum absolute atomic E-state index is 0.134. The molecule has 0 saturated heterocycles. The standard InChI is InChI=1S/C16H15N3O2/c1-21-16-5-4-12(7-15(16)20)10-19-11-14(9-18-19)13-3-2-6-17-8-13/h2-9,11,20H,10H2,1H3. The highest BCUT2D eigenvalue weighted by molar-refractivity contribution is 5.60. The van der Waals surface area contributed by atoms with Crippen molar-refractivity contribution >= 4 is 0 Å². The van der Waals surface area contributed by atoms with Crippen molar-refractivity contribution in [2.24, 2.45) is 0 Å². The molecule has 1 aromatic carbocycles. The first-order valence-corrected chi connectivity index (χ1v) is 6.55. The van der Waals surface area contributed by atoms with E-state index in [1.807, 2.05) is 29.1 Å². The van der Waals surface area contributed by atoms with Gasteiger partial charge in [-0.1, -0.05) is 12.1 Å². The summed E-state index contributed by atoms with van der Waals surface area (Å²) in [4.78, 5) is 4.10. The van der Waals surface area contributed by atoms with Crippen molar-refractivity contribution in [2.45, 2.75) is 6.54 Å². The number of nitrogens with zero attached hydrogens (tertiary/aromatic N) is 3. The van der Waals surface area contributed by atoms with Crippen molar-refractivity contribution in [2.75, 3.05) is 7.11 Å². The van der Waals surface area contributed by atoms with E-state index >= 15 is 0 Å². The second-order valence-corrected chi connectivity index (χ2v) is 4.67. The number of benzene rings is 1. The Hall–Kier alpha value is -2.82. The first-order valence-electron chi connectivity index (χ1n) is 6.55. The Morgan fingerprint density at radius 3 is 2.81 bits per heavy atom. The molecule has 2 heterocycles. The van der Waals surface area contributed by atoms with E-state index in [9.17, 15) is 5.11 Å². The van der Waals surface area contributed by atoms with Crippen LogP contribution in [0.1, 0.15) is 5.56 Å². The fourth-order valence-corrected chi connectivity index (χ4v) is 2.15. The summed E-state index contributed by atoms with van der Waals surface area (Å²) in [5.41, 5.74) is 3.00. The number of methoxy groups -OCH3 is 1. The van der Waals surface area contributed by atoms with Gasteiger partial charge in [-0.25, -0.2) is 0 Å². The molecular weight excluding hydrogens is 266 g/mol. The van der Waals surface area contributed by atoms with Gasteiger partial charge >= 0.3 is 0 Å². The third-order valence-electron chi connectivity index (χ3n) is 3.22. The van der Waals surface area contributed by atoms with Crippen molar-refractivity contribution in [1.29, 1.82) is 0 Å². The highest BCUT2D eigenvalue weighted by Gasteiger charge is 2.05. The van der Waals surface area contributed by atoms with Gasteiger partial charge < -0.3 is 9.84 Å². The molecular formula is C16H15N3O2. The van der Waals surface area contributed by atoms with Gasteiger partial charge in [0, 0.05) is 29.7 Å². The lowest BCUT2D eigenvalue weighted by atomic mass is 10.2. The number of phenols is 1. The van der Waals surface area contributed by atoms with Crippen LogP contribution in [0.25, 0.3) is 11.1 Å². The van der Waals surface area contributed by atoms with Gasteiger partial charge in [-0.15, -0.1) is 0 Å². The van der Waals surface area contributed by atoms with E-state index in [1.165, 1.54) is 7.11 Å². The predicted octanol–water partition coefficient (Wildman–Crippen LogP) is 2.71. The Bertz CT molecular complexity index is 738. The Kier molecular flexibility index (Phi) is 3.55. The molecule has 0 radical (unpaired) electrons. The molecule has 0 aliphatic carbocycles. The molecule has 0 spiro atoms. The van der Waals surface area contributed by atoms with Crippen molar-refractivity contribution in [1.82, 2.24) is 14.8 Å². The molecule has 0 unspecified atom stereocenters. The van der Waals surface area contributed by atoms with Gasteiger partial charge in [0.1, 0.15) is 0 Å². The first kappa shape index (κ1) is 13.2. The van der Waals surface area contributed by atoms with Crippen LogP contribution in [0.2, 0.25) is 0 Å². The summed E-state index contributed by atoms with van der Waals surface area (Å²) in [6, 6.07) is 9.23. The molecule has 0 amide bonds. The maximum atomic E-state index is 9.79. The third-order valence-corrected chi connectivity index (χ3v) is 3.22. The van der Waals surface area contributed by atoms with Crippen LogP contribution < -0.4 is 4.74 Å². The van der Waals surface area contributed by atoms with Gasteiger partial charge in [0.25, 0.3) is 0 Å². The number of hydrogen-bond acceptors (Lipinski definition) is 4. The van der Waals surface area contributed by atoms with Crippen LogP contribution in [-0.2, 0) is 6.54 Å². The van der Waals surface area contributed by atoms with Crippen LogP contribution in [0.5, 0.6) is 11.5 Å². The van der Waals surface area contributed by atoms with E-state index in [1.54, 1.807) is 30.7 Å². The maximum Gasteiger partial charge on any atom is 0.160 e. The molecule has 2 aromatic heterocycles. The fraction of sp³-hybridized carbons (Fsp3) is 0.125. The second-order valence-electron chi connectivity index (χ2n) is 4.67. The largest absolute Gasteiger partial charge is 0.504 e. The quantitative estimate of drug-likeness (QED) is 0.798. The van der Waals surface area contributed by atoms with Gasteiger partial charge in [0.2, 0.25) is 0 Å². The molecule has 21 heavy (non-hydrogen) atoms. The smallest absolute Gasteiger partial charge is 0.160 e. The maximum absolute atomic E-state index is 9.79. The fourth-order valence-electron chi connectivity index (χ4n) is 2.15. The van der Waals surface area contributed by atoms with Gasteiger partial charge in [-0.3, -0.25) is 9.67 Å². The minimum Gasteiger partial charge on any atom is -0.504 e. The van der Waals surface area contributed by atoms with Crippen LogP contribution in [-0.4, -0.2) is 27.0 Å². The van der Waals surface area contributed by atoms with Crippen molar-refractivity contribution in [3.8, 4) is 22.6 Å². The number of rotatable bonds is 4. The van der Waals surface area contributed by atoms with Gasteiger partial charge in [0.15, 0.2) is 11.5 Å². The molecule has 0 fully saturated rings. The lowest BCUT2D eigenvalue weighted by Crippen LogP contribution is -1.99. The average molecular weight is 281 g/mol. The molecule has 5 nitrogen and oxygen atoms in total. The lowest BCUT2D eigenvalue weighted by Gasteiger charge is -2.06. The zero-order chi connectivity index (χ0) is 14.7. The molecule has 3 aromatic rings. The minimum atomic E-state index is 0.134. The highest BCUT2D eigenvalue weighted by Crippen LogP contribution is 2.26. The summed E-state index contributed by atoms with van der Waals surface area (Å²) in [5.74, 6) is 0.602. The van der Waals surface area contributed by atoms with Crippen LogP contribution in [0, 0.1) is 0 Å². The molecule has 0 saturated carbocycles. The molecule has 0 aliphatic rings. The molecule has 0 bridgehead atoms. The molecule has 106 valence electrons. The number of pyridine rings is 1. The van der Waals surface area contributed by atoms with Gasteiger partial charge in [-0.05, 0) is 23.8 Å². The Morgan fingerprint density at radius 1 is 1.19 bits per heavy atom. The number of hydrogen-bond donors (Lipinski definition) is 1. The summed E-state index contributed by atoms with van der Waals surface area (Å²) in [6.45, 7) is 0.581. The Labute approximate surface area is 122 Å². The number of aromatic nitrogens is 3. The summed E-state index contributed by atoms with van der Waals surface area (Å²) >= 11 is 0. The first-order chi connectivity index (χ1) is 10.3. The zero-order valence-corrected chi connectivity index (χ0v) is 11.6. The summed E-state index contributed by atoms with van der Waals surface area (Å²) in [5, 5.41) is 14.1. The van der Waals surface area contributed by atoms with Crippen LogP contribution in [0.4, 0.5) is 0 Å². The van der Waals surface area contributed by atoms with Crippen LogP contribution >= 0.6 is 0 Å². The van der Waals surface area contributed by atoms with E-state index in [2.05, 4.69) is 10.1 Å². The van der Waals surface area contributed by atoms with Crippen LogP contribution in [0.15, 0.2) is 55.1 Å². The number of ether oxygens (including phenoxy) is 1. The Morgan fingerprint density at radius 2 is 2.10 bits per heavy atom. The SMILES string of the molecule is COc1ccc(Cn2cc(-c3cccnc3)cn2)cc1O. The van der Waals surface area contributed by atoms with Gasteiger partial charge in [-0.2, -0.15) is 5.10 Å². The van der Waals surface area contributed by atoms with Crippen molar-refractivity contribution in [3.63, 3.8) is 0 Å². The number of phenolic OH excluding ortho intramolecular Hbond substituents is 1.